The smallest absolute Gasteiger partial charge is 0.162 e. The van der Waals surface area contributed by atoms with Gasteiger partial charge in [-0.3, -0.25) is 0 Å². The molecule has 5 heteroatoms. The third-order valence-electron chi connectivity index (χ3n) is 3.17. The van der Waals surface area contributed by atoms with Gasteiger partial charge in [0.05, 0.1) is 5.69 Å². The van der Waals surface area contributed by atoms with Crippen molar-refractivity contribution in [2.24, 2.45) is 0 Å². The molecule has 0 spiro atoms. The summed E-state index contributed by atoms with van der Waals surface area (Å²) in [5.74, 6) is 1.57. The molecule has 0 radical (unpaired) electrons. The molecule has 1 heterocycles. The van der Waals surface area contributed by atoms with Crippen molar-refractivity contribution in [3.63, 3.8) is 0 Å². The number of thioether (sulfide) groups is 1. The second kappa shape index (κ2) is 8.22. The molecule has 1 atom stereocenters. The van der Waals surface area contributed by atoms with Crippen LogP contribution in [0.5, 0.6) is 0 Å². The van der Waals surface area contributed by atoms with Crippen molar-refractivity contribution in [3.05, 3.63) is 47.3 Å². The van der Waals surface area contributed by atoms with Gasteiger partial charge in [0.2, 0.25) is 0 Å². The summed E-state index contributed by atoms with van der Waals surface area (Å²) in [5.41, 5.74) is 2.25. The number of ether oxygens (including phenoxy) is 1. The van der Waals surface area contributed by atoms with Crippen LogP contribution in [0.2, 0.25) is 0 Å². The van der Waals surface area contributed by atoms with Crippen LogP contribution in [0.25, 0.3) is 0 Å². The van der Waals surface area contributed by atoms with E-state index >= 15 is 0 Å². The minimum Gasteiger partial charge on any atom is -0.377 e. The zero-order valence-corrected chi connectivity index (χ0v) is 13.6. The number of methoxy groups -OCH3 is 1. The molecule has 0 aliphatic rings. The molecule has 0 fully saturated rings. The van der Waals surface area contributed by atoms with E-state index in [0.717, 1.165) is 23.8 Å². The van der Waals surface area contributed by atoms with E-state index < -0.39 is 0 Å². The van der Waals surface area contributed by atoms with Crippen molar-refractivity contribution in [2.45, 2.75) is 37.1 Å². The summed E-state index contributed by atoms with van der Waals surface area (Å²) in [6.07, 6.45) is 0. The fraction of sp³-hybridized carbons (Fsp3) is 0.438. The van der Waals surface area contributed by atoms with Crippen molar-refractivity contribution in [1.82, 2.24) is 10.5 Å². The van der Waals surface area contributed by atoms with Crippen molar-refractivity contribution in [1.29, 1.82) is 0 Å². The fourth-order valence-electron chi connectivity index (χ4n) is 2.07. The van der Waals surface area contributed by atoms with E-state index in [-0.39, 0.29) is 0 Å². The molecule has 2 rings (SSSR count). The van der Waals surface area contributed by atoms with Crippen molar-refractivity contribution >= 4 is 11.8 Å². The Morgan fingerprint density at radius 2 is 2.10 bits per heavy atom. The van der Waals surface area contributed by atoms with Gasteiger partial charge in [0.25, 0.3) is 0 Å². The maximum absolute atomic E-state index is 5.17. The number of hydrogen-bond acceptors (Lipinski definition) is 5. The Hall–Kier alpha value is -1.30. The van der Waals surface area contributed by atoms with Crippen molar-refractivity contribution in [2.75, 3.05) is 13.7 Å². The highest BCUT2D eigenvalue weighted by Gasteiger charge is 2.06. The van der Waals surface area contributed by atoms with E-state index in [4.69, 9.17) is 9.26 Å². The number of rotatable bonds is 8. The van der Waals surface area contributed by atoms with Gasteiger partial charge < -0.3 is 14.6 Å². The molecule has 0 bridgehead atoms. The molecule has 1 N–H and O–H groups in total. The molecule has 114 valence electrons. The molecule has 0 aliphatic heterocycles. The molecule has 0 saturated carbocycles. The average Bonchev–Trinajstić information content (AvgIpc) is 2.94. The van der Waals surface area contributed by atoms with Crippen LogP contribution in [0.1, 0.15) is 36.9 Å². The monoisotopic (exact) mass is 306 g/mol. The van der Waals surface area contributed by atoms with Gasteiger partial charge in [0, 0.05) is 29.9 Å². The Balaban J connectivity index is 1.88. The first-order valence-electron chi connectivity index (χ1n) is 7.12. The Bertz CT molecular complexity index is 539. The Kier molecular flexibility index (Phi) is 6.29. The molecule has 4 nitrogen and oxygen atoms in total. The minimum atomic E-state index is 0.390. The minimum absolute atomic E-state index is 0.390. The van der Waals surface area contributed by atoms with Crippen LogP contribution in [0.4, 0.5) is 0 Å². The zero-order chi connectivity index (χ0) is 15.1. The summed E-state index contributed by atoms with van der Waals surface area (Å²) in [5, 5.41) is 7.45. The van der Waals surface area contributed by atoms with Crippen LogP contribution < -0.4 is 5.32 Å². The third-order valence-corrected chi connectivity index (χ3v) is 4.22. The molecule has 0 saturated heterocycles. The summed E-state index contributed by atoms with van der Waals surface area (Å²) < 4.78 is 10.2. The molecule has 2 aromatic rings. The lowest BCUT2D eigenvalue weighted by Gasteiger charge is -2.12. The van der Waals surface area contributed by atoms with Gasteiger partial charge in [-0.2, -0.15) is 0 Å². The fourth-order valence-corrected chi connectivity index (χ4v) is 2.85. The van der Waals surface area contributed by atoms with Crippen LogP contribution in [-0.4, -0.2) is 18.8 Å². The van der Waals surface area contributed by atoms with Crippen LogP contribution in [0.3, 0.4) is 0 Å². The largest absolute Gasteiger partial charge is 0.377 e. The number of benzene rings is 1. The molecule has 1 aromatic heterocycles. The first kappa shape index (κ1) is 16.1. The van der Waals surface area contributed by atoms with E-state index in [9.17, 15) is 0 Å². The quantitative estimate of drug-likeness (QED) is 0.752. The molecular formula is C16H22N2O2S. The maximum Gasteiger partial charge on any atom is 0.162 e. The SMILES string of the molecule is CCNC(C)c1ccc(SCc2cc(COC)on2)cc1. The predicted octanol–water partition coefficient (Wildman–Crippen LogP) is 3.78. The second-order valence-corrected chi connectivity index (χ2v) is 5.90. The summed E-state index contributed by atoms with van der Waals surface area (Å²) in [6.45, 7) is 5.75. The molecular weight excluding hydrogens is 284 g/mol. The summed E-state index contributed by atoms with van der Waals surface area (Å²) in [4.78, 5) is 1.23. The summed E-state index contributed by atoms with van der Waals surface area (Å²) >= 11 is 1.75. The van der Waals surface area contributed by atoms with Gasteiger partial charge in [-0.1, -0.05) is 24.2 Å². The highest BCUT2D eigenvalue weighted by atomic mass is 32.2. The number of hydrogen-bond donors (Lipinski definition) is 1. The van der Waals surface area contributed by atoms with E-state index in [1.807, 2.05) is 6.07 Å². The van der Waals surface area contributed by atoms with Crippen LogP contribution in [-0.2, 0) is 17.1 Å². The average molecular weight is 306 g/mol. The molecule has 21 heavy (non-hydrogen) atoms. The normalized spacial score (nSPS) is 12.5. The lowest BCUT2D eigenvalue weighted by molar-refractivity contribution is 0.156. The number of nitrogens with one attached hydrogen (secondary N) is 1. The number of aromatic nitrogens is 1. The second-order valence-electron chi connectivity index (χ2n) is 4.85. The van der Waals surface area contributed by atoms with Crippen molar-refractivity contribution in [3.8, 4) is 0 Å². The molecule has 1 unspecified atom stereocenters. The van der Waals surface area contributed by atoms with E-state index in [1.54, 1.807) is 18.9 Å². The highest BCUT2D eigenvalue weighted by molar-refractivity contribution is 7.98. The zero-order valence-electron chi connectivity index (χ0n) is 12.8. The Labute approximate surface area is 130 Å². The first-order chi connectivity index (χ1) is 10.2. The number of nitrogens with zero attached hydrogens (tertiary/aromatic N) is 1. The topological polar surface area (TPSA) is 47.3 Å². The third kappa shape index (κ3) is 4.88. The Morgan fingerprint density at radius 3 is 2.76 bits per heavy atom. The van der Waals surface area contributed by atoms with Gasteiger partial charge in [-0.15, -0.1) is 11.8 Å². The molecule has 0 amide bonds. The lowest BCUT2D eigenvalue weighted by atomic mass is 10.1. The summed E-state index contributed by atoms with van der Waals surface area (Å²) in [6, 6.07) is 11.0. The van der Waals surface area contributed by atoms with E-state index in [0.29, 0.717) is 12.6 Å². The van der Waals surface area contributed by atoms with Crippen LogP contribution in [0.15, 0.2) is 39.8 Å². The molecule has 0 aliphatic carbocycles. The van der Waals surface area contributed by atoms with E-state index in [2.05, 4.69) is 48.6 Å². The van der Waals surface area contributed by atoms with Crippen LogP contribution in [0, 0.1) is 0 Å². The van der Waals surface area contributed by atoms with Gasteiger partial charge in [-0.05, 0) is 31.2 Å². The highest BCUT2D eigenvalue weighted by Crippen LogP contribution is 2.24. The Morgan fingerprint density at radius 1 is 1.33 bits per heavy atom. The van der Waals surface area contributed by atoms with Gasteiger partial charge in [-0.25, -0.2) is 0 Å². The first-order valence-corrected chi connectivity index (χ1v) is 8.11. The van der Waals surface area contributed by atoms with Crippen molar-refractivity contribution < 1.29 is 9.26 Å². The van der Waals surface area contributed by atoms with E-state index in [1.165, 1.54) is 10.5 Å². The van der Waals surface area contributed by atoms with Gasteiger partial charge in [0.15, 0.2) is 5.76 Å². The molecule has 1 aromatic carbocycles. The predicted molar refractivity (Wildman–Crippen MR) is 85.3 cm³/mol. The lowest BCUT2D eigenvalue weighted by Crippen LogP contribution is -2.17. The van der Waals surface area contributed by atoms with Gasteiger partial charge in [0.1, 0.15) is 6.61 Å². The standard InChI is InChI=1S/C16H22N2O2S/c1-4-17-12(2)13-5-7-16(8-6-13)21-11-14-9-15(10-19-3)20-18-14/h5-9,12,17H,4,10-11H2,1-3H3. The van der Waals surface area contributed by atoms with Gasteiger partial charge >= 0.3 is 0 Å². The van der Waals surface area contributed by atoms with Crippen LogP contribution >= 0.6 is 11.8 Å². The maximum atomic E-state index is 5.17. The summed E-state index contributed by atoms with van der Waals surface area (Å²) in [7, 11) is 1.65.